The summed E-state index contributed by atoms with van der Waals surface area (Å²) in [5.74, 6) is -0.265. The van der Waals surface area contributed by atoms with Crippen LogP contribution in [0.25, 0.3) is 0 Å². The molecule has 0 fully saturated rings. The summed E-state index contributed by atoms with van der Waals surface area (Å²) in [4.78, 5) is 11.4. The fourth-order valence-electron chi connectivity index (χ4n) is 2.71. The molecule has 0 atom stereocenters. The third kappa shape index (κ3) is 5.88. The van der Waals surface area contributed by atoms with Gasteiger partial charge in [-0.05, 0) is 19.4 Å². The predicted molar refractivity (Wildman–Crippen MR) is 92.1 cm³/mol. The highest BCUT2D eigenvalue weighted by Gasteiger charge is 2.28. The van der Waals surface area contributed by atoms with Crippen molar-refractivity contribution in [2.24, 2.45) is 0 Å². The average molecular weight is 305 g/mol. The monoisotopic (exact) mass is 304 g/mol. The van der Waals surface area contributed by atoms with Gasteiger partial charge in [0.25, 0.3) is 0 Å². The Morgan fingerprint density at radius 1 is 1.19 bits per heavy atom. The topological polar surface area (TPSA) is 26.3 Å². The van der Waals surface area contributed by atoms with E-state index in [0.717, 1.165) is 6.42 Å². The van der Waals surface area contributed by atoms with Gasteiger partial charge in [0.05, 0.1) is 14.7 Å². The Balaban J connectivity index is 2.52. The number of rotatable bonds is 9. The van der Waals surface area contributed by atoms with Crippen LogP contribution in [0.5, 0.6) is 0 Å². The van der Waals surface area contributed by atoms with Crippen LogP contribution in [-0.4, -0.2) is 20.7 Å². The first kappa shape index (κ1) is 17.7. The van der Waals surface area contributed by atoms with E-state index in [-0.39, 0.29) is 5.97 Å². The zero-order valence-corrected chi connectivity index (χ0v) is 14.7. The van der Waals surface area contributed by atoms with Gasteiger partial charge >= 0.3 is 5.97 Å². The van der Waals surface area contributed by atoms with E-state index in [2.05, 4.69) is 50.8 Å². The molecule has 0 aliphatic heterocycles. The predicted octanol–water partition coefficient (Wildman–Crippen LogP) is 4.77. The van der Waals surface area contributed by atoms with E-state index in [0.29, 0.717) is 12.2 Å². The van der Waals surface area contributed by atoms with Crippen molar-refractivity contribution in [2.75, 3.05) is 6.61 Å². The van der Waals surface area contributed by atoms with E-state index in [1.807, 2.05) is 0 Å². The van der Waals surface area contributed by atoms with E-state index < -0.39 is 8.07 Å². The van der Waals surface area contributed by atoms with Crippen LogP contribution < -0.4 is 0 Å². The lowest BCUT2D eigenvalue weighted by atomic mass is 10.2. The molecule has 0 amide bonds. The van der Waals surface area contributed by atoms with E-state index in [1.165, 1.54) is 29.7 Å². The van der Waals surface area contributed by atoms with Crippen LogP contribution in [0.4, 0.5) is 0 Å². The minimum absolute atomic E-state index is 0.265. The lowest BCUT2D eigenvalue weighted by molar-refractivity contribution is -0.138. The van der Waals surface area contributed by atoms with E-state index in [1.54, 1.807) is 6.92 Å². The lowest BCUT2D eigenvalue weighted by Gasteiger charge is -2.29. The molecule has 0 heterocycles. The molecular formula is C18H28O2Si. The van der Waals surface area contributed by atoms with E-state index in [4.69, 9.17) is 4.74 Å². The molecule has 2 nitrogen and oxygen atoms in total. The molecule has 1 rings (SSSR count). The van der Waals surface area contributed by atoms with E-state index in [9.17, 15) is 4.79 Å². The highest BCUT2D eigenvalue weighted by atomic mass is 28.3. The van der Waals surface area contributed by atoms with Gasteiger partial charge in [0.2, 0.25) is 0 Å². The maximum absolute atomic E-state index is 11.4. The Kier molecular flexibility index (Phi) is 7.44. The van der Waals surface area contributed by atoms with E-state index >= 15 is 0 Å². The zero-order chi connectivity index (χ0) is 15.7. The van der Waals surface area contributed by atoms with Crippen LogP contribution in [0, 0.1) is 0 Å². The molecule has 0 N–H and O–H groups in total. The lowest BCUT2D eigenvalue weighted by Crippen LogP contribution is -2.36. The van der Waals surface area contributed by atoms with Crippen molar-refractivity contribution in [2.45, 2.75) is 51.4 Å². The number of benzene rings is 1. The molecule has 0 aliphatic rings. The second kappa shape index (κ2) is 8.83. The van der Waals surface area contributed by atoms with Gasteiger partial charge in [-0.15, -0.1) is 0 Å². The zero-order valence-electron chi connectivity index (χ0n) is 13.7. The summed E-state index contributed by atoms with van der Waals surface area (Å²) in [6.07, 6.45) is 0.972. The maximum atomic E-state index is 11.4. The van der Waals surface area contributed by atoms with Crippen molar-refractivity contribution in [1.82, 2.24) is 0 Å². The van der Waals surface area contributed by atoms with Crippen molar-refractivity contribution in [3.8, 4) is 0 Å². The summed E-state index contributed by atoms with van der Waals surface area (Å²) in [6, 6.07) is 15.8. The van der Waals surface area contributed by atoms with Crippen LogP contribution in [0.1, 0.15) is 32.8 Å². The van der Waals surface area contributed by atoms with Gasteiger partial charge in [0.15, 0.2) is 0 Å². The Hall–Kier alpha value is -1.35. The smallest absolute Gasteiger partial charge is 0.333 e. The molecule has 21 heavy (non-hydrogen) atoms. The molecule has 0 spiro atoms. The second-order valence-corrected chi connectivity index (χ2v) is 11.2. The molecule has 0 aliphatic carbocycles. The third-order valence-corrected chi connectivity index (χ3v) is 9.93. The molecule has 3 heteroatoms. The molecule has 116 valence electrons. The molecule has 0 saturated heterocycles. The highest BCUT2D eigenvalue weighted by Crippen LogP contribution is 2.26. The number of ether oxygens (including phenoxy) is 1. The summed E-state index contributed by atoms with van der Waals surface area (Å²) in [5.41, 5.74) is 1.93. The molecule has 0 saturated carbocycles. The first-order valence-corrected chi connectivity index (χ1v) is 10.7. The highest BCUT2D eigenvalue weighted by molar-refractivity contribution is 6.79. The minimum Gasteiger partial charge on any atom is -0.462 e. The first-order valence-electron chi connectivity index (χ1n) is 7.89. The van der Waals surface area contributed by atoms with Gasteiger partial charge in [-0.3, -0.25) is 0 Å². The van der Waals surface area contributed by atoms with Crippen molar-refractivity contribution >= 4 is 14.0 Å². The Bertz CT molecular complexity index is 450. The van der Waals surface area contributed by atoms with Gasteiger partial charge in [-0.25, -0.2) is 4.79 Å². The van der Waals surface area contributed by atoms with Crippen LogP contribution in [0.3, 0.4) is 0 Å². The fraction of sp³-hybridized carbons (Fsp3) is 0.500. The van der Waals surface area contributed by atoms with Gasteiger partial charge in [0.1, 0.15) is 0 Å². The molecule has 0 bridgehead atoms. The van der Waals surface area contributed by atoms with Crippen LogP contribution in [0.15, 0.2) is 42.5 Å². The van der Waals surface area contributed by atoms with Crippen molar-refractivity contribution in [3.63, 3.8) is 0 Å². The molecule has 0 unspecified atom stereocenters. The number of hydrogen-bond acceptors (Lipinski definition) is 2. The number of hydrogen-bond donors (Lipinski definition) is 0. The van der Waals surface area contributed by atoms with Gasteiger partial charge in [0, 0.05) is 5.57 Å². The summed E-state index contributed by atoms with van der Waals surface area (Å²) in [5, 5.41) is 0. The molecule has 0 radical (unpaired) electrons. The Morgan fingerprint density at radius 3 is 2.33 bits per heavy atom. The summed E-state index contributed by atoms with van der Waals surface area (Å²) < 4.78 is 5.22. The standard InChI is InChI=1S/C18H28O2Si/c1-5-21(6-2,15-17-11-8-7-9-12-17)14-10-13-20-18(19)16(3)4/h7-9,11-12H,3,5-6,10,13-15H2,1-2,4H3. The normalized spacial score (nSPS) is 11.2. The molecule has 0 aromatic heterocycles. The quantitative estimate of drug-likeness (QED) is 0.284. The number of esters is 1. The number of carbonyl (C=O) groups excluding carboxylic acids is 1. The van der Waals surface area contributed by atoms with Crippen molar-refractivity contribution < 1.29 is 9.53 Å². The van der Waals surface area contributed by atoms with Crippen molar-refractivity contribution in [1.29, 1.82) is 0 Å². The second-order valence-electron chi connectivity index (χ2n) is 5.89. The maximum Gasteiger partial charge on any atom is 0.333 e. The third-order valence-electron chi connectivity index (χ3n) is 4.36. The minimum atomic E-state index is -1.30. The van der Waals surface area contributed by atoms with Gasteiger partial charge in [-0.1, -0.05) is 74.5 Å². The SMILES string of the molecule is C=C(C)C(=O)OCCC[Si](CC)(CC)Cc1ccccc1. The summed E-state index contributed by atoms with van der Waals surface area (Å²) in [6.45, 7) is 10.5. The Morgan fingerprint density at radius 2 is 1.81 bits per heavy atom. The molecule has 1 aromatic carbocycles. The Labute approximate surface area is 130 Å². The van der Waals surface area contributed by atoms with Crippen LogP contribution in [-0.2, 0) is 15.6 Å². The van der Waals surface area contributed by atoms with Crippen LogP contribution >= 0.6 is 0 Å². The summed E-state index contributed by atoms with van der Waals surface area (Å²) >= 11 is 0. The van der Waals surface area contributed by atoms with Crippen molar-refractivity contribution in [3.05, 3.63) is 48.0 Å². The van der Waals surface area contributed by atoms with Crippen LogP contribution in [0.2, 0.25) is 18.1 Å². The number of carbonyl (C=O) groups is 1. The first-order chi connectivity index (χ1) is 10.0. The fourth-order valence-corrected chi connectivity index (χ4v) is 6.59. The summed E-state index contributed by atoms with van der Waals surface area (Å²) in [7, 11) is -1.30. The van der Waals surface area contributed by atoms with Gasteiger partial charge in [-0.2, -0.15) is 0 Å². The molecule has 1 aromatic rings. The largest absolute Gasteiger partial charge is 0.462 e. The molecular weight excluding hydrogens is 276 g/mol. The van der Waals surface area contributed by atoms with Gasteiger partial charge < -0.3 is 4.74 Å². The average Bonchev–Trinajstić information content (AvgIpc) is 2.51.